The molecule has 1 saturated carbocycles. The molecule has 1 aliphatic carbocycles. The summed E-state index contributed by atoms with van der Waals surface area (Å²) in [6, 6.07) is 0. The Balaban J connectivity index is 2.46. The van der Waals surface area contributed by atoms with Crippen molar-refractivity contribution in [1.29, 1.82) is 0 Å². The molecule has 0 bridgehead atoms. The first-order valence-corrected chi connectivity index (χ1v) is 5.01. The van der Waals surface area contributed by atoms with E-state index < -0.39 is 23.1 Å². The van der Waals surface area contributed by atoms with E-state index in [4.69, 9.17) is 0 Å². The van der Waals surface area contributed by atoms with Crippen LogP contribution < -0.4 is 10.9 Å². The molecule has 0 radical (unpaired) electrons. The van der Waals surface area contributed by atoms with Gasteiger partial charge in [-0.05, 0) is 18.8 Å². The third kappa shape index (κ3) is 1.94. The zero-order valence-electron chi connectivity index (χ0n) is 8.69. The lowest BCUT2D eigenvalue weighted by Crippen LogP contribution is -2.17. The van der Waals surface area contributed by atoms with Gasteiger partial charge in [0.15, 0.2) is 5.69 Å². The Kier molecular flexibility index (Phi) is 2.47. The van der Waals surface area contributed by atoms with Gasteiger partial charge in [-0.2, -0.15) is 13.2 Å². The second kappa shape index (κ2) is 3.57. The van der Waals surface area contributed by atoms with E-state index >= 15 is 0 Å². The van der Waals surface area contributed by atoms with Crippen LogP contribution in [-0.4, -0.2) is 16.8 Å². The van der Waals surface area contributed by atoms with Crippen LogP contribution in [0.4, 0.5) is 18.9 Å². The Labute approximate surface area is 89.4 Å². The highest BCUT2D eigenvalue weighted by atomic mass is 19.4. The largest absolute Gasteiger partial charge is 0.435 e. The van der Waals surface area contributed by atoms with Crippen LogP contribution in [0.25, 0.3) is 0 Å². The van der Waals surface area contributed by atoms with Crippen LogP contribution in [0.5, 0.6) is 0 Å². The van der Waals surface area contributed by atoms with Gasteiger partial charge >= 0.3 is 6.18 Å². The molecule has 0 aromatic carbocycles. The van der Waals surface area contributed by atoms with E-state index in [1.54, 1.807) is 0 Å². The van der Waals surface area contributed by atoms with Gasteiger partial charge in [0.2, 0.25) is 0 Å². The minimum atomic E-state index is -4.52. The highest BCUT2D eigenvalue weighted by Gasteiger charge is 2.40. The van der Waals surface area contributed by atoms with Crippen molar-refractivity contribution in [1.82, 2.24) is 9.78 Å². The van der Waals surface area contributed by atoms with E-state index in [0.717, 1.165) is 17.5 Å². The minimum Gasteiger partial charge on any atom is -0.382 e. The molecule has 0 unspecified atom stereocenters. The average Bonchev–Trinajstić information content (AvgIpc) is 2.88. The molecule has 0 aliphatic heterocycles. The molecule has 2 N–H and O–H groups in total. The number of aromatic nitrogens is 2. The van der Waals surface area contributed by atoms with Gasteiger partial charge in [-0.25, -0.2) is 0 Å². The summed E-state index contributed by atoms with van der Waals surface area (Å²) in [6.07, 6.45) is -2.68. The zero-order chi connectivity index (χ0) is 11.9. The highest BCUT2D eigenvalue weighted by molar-refractivity contribution is 5.47. The van der Waals surface area contributed by atoms with Crippen LogP contribution in [-0.2, 0) is 12.7 Å². The minimum absolute atomic E-state index is 0.228. The van der Waals surface area contributed by atoms with Crippen molar-refractivity contribution in [2.75, 3.05) is 12.4 Å². The third-order valence-corrected chi connectivity index (χ3v) is 2.63. The number of H-pyrrole nitrogens is 1. The third-order valence-electron chi connectivity index (χ3n) is 2.63. The Hall–Kier alpha value is -1.40. The number of alkyl halides is 3. The summed E-state index contributed by atoms with van der Waals surface area (Å²) in [5.41, 5.74) is -2.05. The maximum atomic E-state index is 12.8. The fourth-order valence-electron chi connectivity index (χ4n) is 1.70. The summed E-state index contributed by atoms with van der Waals surface area (Å²) in [5, 5.41) is 4.52. The van der Waals surface area contributed by atoms with Crippen molar-refractivity contribution in [3.05, 3.63) is 16.0 Å². The summed E-state index contributed by atoms with van der Waals surface area (Å²) in [7, 11) is 1.31. The number of hydrogen-bond donors (Lipinski definition) is 2. The molecule has 90 valence electrons. The number of halogens is 3. The molecule has 0 saturated heterocycles. The van der Waals surface area contributed by atoms with E-state index in [-0.39, 0.29) is 12.5 Å². The lowest BCUT2D eigenvalue weighted by atomic mass is 10.3. The monoisotopic (exact) mass is 235 g/mol. The Morgan fingerprint density at radius 1 is 1.50 bits per heavy atom. The van der Waals surface area contributed by atoms with Crippen molar-refractivity contribution >= 4 is 5.69 Å². The number of aromatic amines is 1. The van der Waals surface area contributed by atoms with Gasteiger partial charge < -0.3 is 5.32 Å². The van der Waals surface area contributed by atoms with Gasteiger partial charge in [-0.1, -0.05) is 0 Å². The molecule has 2 rings (SSSR count). The van der Waals surface area contributed by atoms with Crippen molar-refractivity contribution in [2.24, 2.45) is 5.92 Å². The fourth-order valence-corrected chi connectivity index (χ4v) is 1.70. The van der Waals surface area contributed by atoms with Gasteiger partial charge in [0, 0.05) is 13.6 Å². The fraction of sp³-hybridized carbons (Fsp3) is 0.667. The molecule has 1 fully saturated rings. The maximum absolute atomic E-state index is 12.8. The Morgan fingerprint density at radius 3 is 2.56 bits per heavy atom. The second-order valence-electron chi connectivity index (χ2n) is 3.97. The van der Waals surface area contributed by atoms with E-state index in [1.165, 1.54) is 7.05 Å². The lowest BCUT2D eigenvalue weighted by molar-refractivity contribution is -0.143. The molecule has 1 aliphatic rings. The summed E-state index contributed by atoms with van der Waals surface area (Å²) < 4.78 is 39.2. The lowest BCUT2D eigenvalue weighted by Gasteiger charge is -2.12. The molecule has 1 aromatic rings. The number of rotatable bonds is 3. The normalized spacial score (nSPS) is 16.5. The first-order chi connectivity index (χ1) is 7.43. The predicted molar refractivity (Wildman–Crippen MR) is 52.3 cm³/mol. The summed E-state index contributed by atoms with van der Waals surface area (Å²) >= 11 is 0. The summed E-state index contributed by atoms with van der Waals surface area (Å²) in [4.78, 5) is 11.3. The first kappa shape index (κ1) is 11.1. The summed E-state index contributed by atoms with van der Waals surface area (Å²) in [6.45, 7) is 0.228. The van der Waals surface area contributed by atoms with Gasteiger partial charge in [-0.15, -0.1) is 0 Å². The summed E-state index contributed by atoms with van der Waals surface area (Å²) in [5.74, 6) is 0.258. The number of nitrogens with one attached hydrogen (secondary N) is 2. The molecular weight excluding hydrogens is 223 g/mol. The van der Waals surface area contributed by atoms with Crippen LogP contribution in [0, 0.1) is 5.92 Å². The highest BCUT2D eigenvalue weighted by Crippen LogP contribution is 2.36. The van der Waals surface area contributed by atoms with Crippen LogP contribution in [0.1, 0.15) is 18.5 Å². The van der Waals surface area contributed by atoms with E-state index in [2.05, 4.69) is 10.4 Å². The number of anilines is 1. The topological polar surface area (TPSA) is 49.8 Å². The number of hydrogen-bond acceptors (Lipinski definition) is 2. The molecule has 0 spiro atoms. The Morgan fingerprint density at radius 2 is 2.12 bits per heavy atom. The molecule has 7 heteroatoms. The SMILES string of the molecule is CNc1c(C(F)(F)F)n(CC2CC2)[nH]c1=O. The van der Waals surface area contributed by atoms with Gasteiger partial charge in [0.05, 0.1) is 0 Å². The van der Waals surface area contributed by atoms with E-state index in [0.29, 0.717) is 0 Å². The van der Waals surface area contributed by atoms with Gasteiger partial charge in [0.25, 0.3) is 5.56 Å². The van der Waals surface area contributed by atoms with Crippen LogP contribution >= 0.6 is 0 Å². The first-order valence-electron chi connectivity index (χ1n) is 5.01. The molecule has 4 nitrogen and oxygen atoms in total. The van der Waals surface area contributed by atoms with E-state index in [9.17, 15) is 18.0 Å². The van der Waals surface area contributed by atoms with Gasteiger partial charge in [0.1, 0.15) is 5.69 Å². The second-order valence-corrected chi connectivity index (χ2v) is 3.97. The van der Waals surface area contributed by atoms with E-state index in [1.807, 2.05) is 0 Å². The standard InChI is InChI=1S/C9H12F3N3O/c1-13-6-7(9(10,11)12)15(14-8(6)16)4-5-2-3-5/h5,13H,2-4H2,1H3,(H,14,16). The van der Waals surface area contributed by atoms with Crippen molar-refractivity contribution in [3.8, 4) is 0 Å². The maximum Gasteiger partial charge on any atom is 0.435 e. The van der Waals surface area contributed by atoms with Crippen molar-refractivity contribution in [3.63, 3.8) is 0 Å². The van der Waals surface area contributed by atoms with Gasteiger partial charge in [-0.3, -0.25) is 14.6 Å². The van der Waals surface area contributed by atoms with Crippen LogP contribution in [0.15, 0.2) is 4.79 Å². The molecule has 0 amide bonds. The molecular formula is C9H12F3N3O. The van der Waals surface area contributed by atoms with Crippen LogP contribution in [0.3, 0.4) is 0 Å². The molecule has 1 aromatic heterocycles. The zero-order valence-corrected chi connectivity index (χ0v) is 8.69. The van der Waals surface area contributed by atoms with Crippen molar-refractivity contribution < 1.29 is 13.2 Å². The average molecular weight is 235 g/mol. The Bertz CT molecular complexity index is 442. The van der Waals surface area contributed by atoms with Crippen LogP contribution in [0.2, 0.25) is 0 Å². The smallest absolute Gasteiger partial charge is 0.382 e. The van der Waals surface area contributed by atoms with Crippen molar-refractivity contribution in [2.45, 2.75) is 25.6 Å². The molecule has 0 atom stereocenters. The molecule has 16 heavy (non-hydrogen) atoms. The molecule has 1 heterocycles. The quantitative estimate of drug-likeness (QED) is 0.836. The number of nitrogens with zero attached hydrogens (tertiary/aromatic N) is 1. The predicted octanol–water partition coefficient (Wildman–Crippen LogP) is 1.65.